The Morgan fingerprint density at radius 2 is 2.04 bits per heavy atom. The minimum absolute atomic E-state index is 0.324. The minimum atomic E-state index is -0.324. The molecule has 7 heteroatoms. The molecule has 0 atom stereocenters. The van der Waals surface area contributed by atoms with Gasteiger partial charge in [0.15, 0.2) is 0 Å². The molecule has 0 fully saturated rings. The molecular formula is C18H18ClN3OS2. The highest BCUT2D eigenvalue weighted by molar-refractivity contribution is 7.98. The Labute approximate surface area is 160 Å². The van der Waals surface area contributed by atoms with Crippen LogP contribution in [0.2, 0.25) is 5.02 Å². The van der Waals surface area contributed by atoms with Crippen molar-refractivity contribution in [2.75, 3.05) is 5.32 Å². The fourth-order valence-electron chi connectivity index (χ4n) is 1.83. The highest BCUT2D eigenvalue weighted by Gasteiger charge is 2.13. The third-order valence-corrected chi connectivity index (χ3v) is 4.88. The molecule has 0 bridgehead atoms. The van der Waals surface area contributed by atoms with Gasteiger partial charge in [-0.25, -0.2) is 9.78 Å². The zero-order valence-electron chi connectivity index (χ0n) is 13.9. The van der Waals surface area contributed by atoms with Crippen molar-refractivity contribution in [3.63, 3.8) is 0 Å². The van der Waals surface area contributed by atoms with Gasteiger partial charge >= 0.3 is 6.03 Å². The number of nitrogens with zero attached hydrogens (tertiary/aromatic N) is 1. The van der Waals surface area contributed by atoms with Crippen LogP contribution in [-0.4, -0.2) is 11.0 Å². The summed E-state index contributed by atoms with van der Waals surface area (Å²) in [5.41, 5.74) is 1.41. The van der Waals surface area contributed by atoms with Gasteiger partial charge in [0.1, 0.15) is 10.7 Å². The summed E-state index contributed by atoms with van der Waals surface area (Å²) >= 11 is 8.47. The zero-order chi connectivity index (χ0) is 18.2. The fraction of sp³-hybridized carbons (Fsp3) is 0.111. The molecule has 0 radical (unpaired) electrons. The largest absolute Gasteiger partial charge is 0.330 e. The molecule has 25 heavy (non-hydrogen) atoms. The number of rotatable bonds is 6. The zero-order valence-corrected chi connectivity index (χ0v) is 16.3. The average Bonchev–Trinajstić information content (AvgIpc) is 2.95. The predicted molar refractivity (Wildman–Crippen MR) is 109 cm³/mol. The number of benzene rings is 1. The monoisotopic (exact) mass is 391 g/mol. The van der Waals surface area contributed by atoms with Gasteiger partial charge in [-0.1, -0.05) is 42.5 Å². The fourth-order valence-corrected chi connectivity index (χ4v) is 3.34. The van der Waals surface area contributed by atoms with Crippen LogP contribution >= 0.6 is 34.9 Å². The van der Waals surface area contributed by atoms with Crippen LogP contribution in [0.1, 0.15) is 17.6 Å². The van der Waals surface area contributed by atoms with Crippen LogP contribution in [0.4, 0.5) is 9.80 Å². The van der Waals surface area contributed by atoms with Gasteiger partial charge in [-0.15, -0.1) is 11.3 Å². The van der Waals surface area contributed by atoms with Gasteiger partial charge < -0.3 is 0 Å². The molecule has 4 nitrogen and oxygen atoms in total. The highest BCUT2D eigenvalue weighted by atomic mass is 35.5. The molecule has 0 spiro atoms. The van der Waals surface area contributed by atoms with Crippen LogP contribution in [0.15, 0.2) is 60.0 Å². The van der Waals surface area contributed by atoms with E-state index in [9.17, 15) is 4.79 Å². The average molecular weight is 392 g/mol. The third kappa shape index (κ3) is 6.08. The van der Waals surface area contributed by atoms with Crippen LogP contribution in [-0.2, 0) is 0 Å². The van der Waals surface area contributed by atoms with E-state index in [1.54, 1.807) is 12.1 Å². The maximum Gasteiger partial charge on any atom is 0.330 e. The number of aromatic nitrogens is 1. The number of aryl methyl sites for hydroxylation is 1. The standard InChI is InChI=1S/C18H18ClN3OS2/c1-4-5-6-7-12(2)16-17(24-13(3)20-16)21-18(23)22-25-15-10-8-14(19)9-11-15/h4-11H,2H2,1,3H3,(H2,21,22,23)/b5-4-,7-6-. The molecular weight excluding hydrogens is 374 g/mol. The van der Waals surface area contributed by atoms with E-state index in [4.69, 9.17) is 11.6 Å². The van der Waals surface area contributed by atoms with Gasteiger partial charge in [0.05, 0.1) is 5.01 Å². The van der Waals surface area contributed by atoms with Gasteiger partial charge in [-0.05, 0) is 55.6 Å². The van der Waals surface area contributed by atoms with Crippen LogP contribution in [0, 0.1) is 6.92 Å². The maximum atomic E-state index is 12.1. The number of urea groups is 1. The Morgan fingerprint density at radius 3 is 2.72 bits per heavy atom. The predicted octanol–water partition coefficient (Wildman–Crippen LogP) is 6.08. The summed E-state index contributed by atoms with van der Waals surface area (Å²) in [4.78, 5) is 17.5. The molecule has 130 valence electrons. The summed E-state index contributed by atoms with van der Waals surface area (Å²) in [6.45, 7) is 7.85. The van der Waals surface area contributed by atoms with Gasteiger partial charge in [-0.2, -0.15) is 0 Å². The van der Waals surface area contributed by atoms with E-state index >= 15 is 0 Å². The summed E-state index contributed by atoms with van der Waals surface area (Å²) in [6.07, 6.45) is 7.58. The maximum absolute atomic E-state index is 12.1. The summed E-state index contributed by atoms with van der Waals surface area (Å²) in [5.74, 6) is 0. The molecule has 0 aliphatic rings. The van der Waals surface area contributed by atoms with Gasteiger partial charge in [0.2, 0.25) is 0 Å². The van der Waals surface area contributed by atoms with Gasteiger partial charge in [0.25, 0.3) is 0 Å². The Hall–Kier alpha value is -2.02. The van der Waals surface area contributed by atoms with E-state index < -0.39 is 0 Å². The summed E-state index contributed by atoms with van der Waals surface area (Å²) in [6, 6.07) is 6.90. The Kier molecular flexibility index (Phi) is 7.31. The molecule has 1 aromatic heterocycles. The van der Waals surface area contributed by atoms with Gasteiger partial charge in [0, 0.05) is 9.92 Å². The second kappa shape index (κ2) is 9.46. The molecule has 0 unspecified atom stereocenters. The summed E-state index contributed by atoms with van der Waals surface area (Å²) in [7, 11) is 0. The quantitative estimate of drug-likeness (QED) is 0.463. The summed E-state index contributed by atoms with van der Waals surface area (Å²) < 4.78 is 2.74. The SMILES string of the molecule is C=C(/C=C\C=C/C)c1nc(C)sc1NC(=O)NSc1ccc(Cl)cc1. The molecule has 0 saturated heterocycles. The van der Waals surface area contributed by atoms with Crippen molar-refractivity contribution in [2.45, 2.75) is 18.7 Å². The molecule has 2 aromatic rings. The van der Waals surface area contributed by atoms with E-state index in [-0.39, 0.29) is 6.03 Å². The first-order valence-corrected chi connectivity index (χ1v) is 9.46. The first-order valence-electron chi connectivity index (χ1n) is 7.45. The number of amides is 2. The smallest absolute Gasteiger partial charge is 0.297 e. The lowest BCUT2D eigenvalue weighted by molar-refractivity contribution is 0.257. The third-order valence-electron chi connectivity index (χ3n) is 2.94. The molecule has 2 rings (SSSR count). The second-order valence-electron chi connectivity index (χ2n) is 4.93. The van der Waals surface area contributed by atoms with Crippen molar-refractivity contribution in [3.8, 4) is 0 Å². The van der Waals surface area contributed by atoms with Crippen LogP contribution in [0.25, 0.3) is 5.57 Å². The van der Waals surface area contributed by atoms with Crippen molar-refractivity contribution >= 4 is 51.5 Å². The van der Waals surface area contributed by atoms with Crippen LogP contribution in [0.5, 0.6) is 0 Å². The number of carbonyl (C=O) groups is 1. The normalized spacial score (nSPS) is 11.2. The van der Waals surface area contributed by atoms with E-state index in [1.165, 1.54) is 23.3 Å². The van der Waals surface area contributed by atoms with Crippen molar-refractivity contribution in [1.29, 1.82) is 0 Å². The topological polar surface area (TPSA) is 54.0 Å². The van der Waals surface area contributed by atoms with Crippen molar-refractivity contribution in [2.24, 2.45) is 0 Å². The van der Waals surface area contributed by atoms with E-state index in [0.29, 0.717) is 15.7 Å². The molecule has 1 heterocycles. The van der Waals surface area contributed by atoms with Crippen LogP contribution < -0.4 is 10.0 Å². The number of hydrogen-bond donors (Lipinski definition) is 2. The number of anilines is 1. The molecule has 2 N–H and O–H groups in total. The first-order chi connectivity index (χ1) is 12.0. The Morgan fingerprint density at radius 1 is 1.32 bits per heavy atom. The minimum Gasteiger partial charge on any atom is -0.297 e. The molecule has 1 aromatic carbocycles. The molecule has 0 saturated carbocycles. The van der Waals surface area contributed by atoms with Gasteiger partial charge in [-0.3, -0.25) is 10.0 Å². The lowest BCUT2D eigenvalue weighted by Gasteiger charge is -2.07. The number of carbonyl (C=O) groups excluding carboxylic acids is 1. The lowest BCUT2D eigenvalue weighted by atomic mass is 10.2. The molecule has 0 aliphatic heterocycles. The number of nitrogens with one attached hydrogen (secondary N) is 2. The molecule has 0 aliphatic carbocycles. The van der Waals surface area contributed by atoms with E-state index in [1.807, 2.05) is 50.3 Å². The number of halogens is 1. The van der Waals surface area contributed by atoms with E-state index in [0.717, 1.165) is 15.5 Å². The molecule has 2 amide bonds. The van der Waals surface area contributed by atoms with Crippen molar-refractivity contribution in [1.82, 2.24) is 9.71 Å². The first kappa shape index (κ1) is 19.3. The van der Waals surface area contributed by atoms with Crippen LogP contribution in [0.3, 0.4) is 0 Å². The summed E-state index contributed by atoms with van der Waals surface area (Å²) in [5, 5.41) is 5.01. The van der Waals surface area contributed by atoms with E-state index in [2.05, 4.69) is 21.6 Å². The lowest BCUT2D eigenvalue weighted by Crippen LogP contribution is -2.22. The highest BCUT2D eigenvalue weighted by Crippen LogP contribution is 2.30. The number of allylic oxidation sites excluding steroid dienone is 5. The van der Waals surface area contributed by atoms with Crippen molar-refractivity contribution in [3.05, 3.63) is 70.9 Å². The number of hydrogen-bond acceptors (Lipinski definition) is 4. The second-order valence-corrected chi connectivity index (χ2v) is 7.45. The Bertz CT molecular complexity index is 810. The Balaban J connectivity index is 2.00. The van der Waals surface area contributed by atoms with Crippen molar-refractivity contribution < 1.29 is 4.79 Å². The number of thiazole rings is 1.